The first kappa shape index (κ1) is 11.0. The molecule has 0 aliphatic heterocycles. The molecule has 0 aliphatic rings. The van der Waals surface area contributed by atoms with Crippen molar-refractivity contribution in [3.63, 3.8) is 0 Å². The Balaban J connectivity index is 2.45. The number of hydrogen-bond donors (Lipinski definition) is 1. The van der Waals surface area contributed by atoms with Crippen LogP contribution in [0.1, 0.15) is 11.3 Å². The van der Waals surface area contributed by atoms with E-state index in [1.165, 1.54) is 0 Å². The molecule has 16 heavy (non-hydrogen) atoms. The Morgan fingerprint density at radius 1 is 1.25 bits per heavy atom. The van der Waals surface area contributed by atoms with Gasteiger partial charge in [0.05, 0.1) is 14.2 Å². The molecule has 1 aromatic carbocycles. The van der Waals surface area contributed by atoms with Crippen LogP contribution in [0.15, 0.2) is 22.6 Å². The van der Waals surface area contributed by atoms with Crippen molar-refractivity contribution in [2.45, 2.75) is 13.5 Å². The molecule has 2 rings (SSSR count). The van der Waals surface area contributed by atoms with E-state index in [9.17, 15) is 0 Å². The summed E-state index contributed by atoms with van der Waals surface area (Å²) >= 11 is 0. The Hall–Kier alpha value is -1.52. The molecule has 0 radical (unpaired) electrons. The van der Waals surface area contributed by atoms with Crippen molar-refractivity contribution in [1.29, 1.82) is 0 Å². The van der Waals surface area contributed by atoms with Crippen LogP contribution in [-0.2, 0) is 11.4 Å². The lowest BCUT2D eigenvalue weighted by molar-refractivity contribution is 0.0867. The topological polar surface area (TPSA) is 43.6 Å². The highest BCUT2D eigenvalue weighted by Crippen LogP contribution is 2.30. The van der Waals surface area contributed by atoms with E-state index < -0.39 is 0 Å². The highest BCUT2D eigenvalue weighted by atomic mass is 16.6. The third-order valence-corrected chi connectivity index (χ3v) is 2.41. The number of aryl methyl sites for hydroxylation is 1. The fourth-order valence-corrected chi connectivity index (χ4v) is 1.72. The molecule has 0 saturated heterocycles. The minimum atomic E-state index is 0.632. The third kappa shape index (κ3) is 2.03. The minimum absolute atomic E-state index is 0.632. The van der Waals surface area contributed by atoms with E-state index in [1.807, 2.05) is 19.1 Å². The maximum atomic E-state index is 5.57. The van der Waals surface area contributed by atoms with E-state index in [0.29, 0.717) is 6.54 Å². The summed E-state index contributed by atoms with van der Waals surface area (Å²) in [7, 11) is 3.23. The molecule has 0 atom stereocenters. The van der Waals surface area contributed by atoms with Gasteiger partial charge in [0, 0.05) is 11.9 Å². The lowest BCUT2D eigenvalue weighted by atomic mass is 10.1. The van der Waals surface area contributed by atoms with Crippen LogP contribution >= 0.6 is 0 Å². The Kier molecular flexibility index (Phi) is 3.12. The van der Waals surface area contributed by atoms with Gasteiger partial charge in [0.25, 0.3) is 0 Å². The molecule has 4 heteroatoms. The Bertz CT molecular complexity index is 490. The predicted molar refractivity (Wildman–Crippen MR) is 61.4 cm³/mol. The lowest BCUT2D eigenvalue weighted by Crippen LogP contribution is -2.10. The van der Waals surface area contributed by atoms with Gasteiger partial charge < -0.3 is 14.0 Å². The van der Waals surface area contributed by atoms with Crippen molar-refractivity contribution in [1.82, 2.24) is 5.48 Å². The predicted octanol–water partition coefficient (Wildman–Crippen LogP) is 2.40. The molecule has 0 unspecified atom stereocenters. The van der Waals surface area contributed by atoms with E-state index in [0.717, 1.165) is 28.0 Å². The number of nitrogens with one attached hydrogen (secondary N) is 1. The van der Waals surface area contributed by atoms with Gasteiger partial charge >= 0.3 is 0 Å². The van der Waals surface area contributed by atoms with E-state index in [-0.39, 0.29) is 0 Å². The van der Waals surface area contributed by atoms with Gasteiger partial charge in [-0.15, -0.1) is 0 Å². The highest BCUT2D eigenvalue weighted by molar-refractivity contribution is 5.84. The van der Waals surface area contributed by atoms with Gasteiger partial charge in [-0.05, 0) is 30.7 Å². The first-order chi connectivity index (χ1) is 7.74. The van der Waals surface area contributed by atoms with Crippen molar-refractivity contribution in [3.8, 4) is 5.75 Å². The summed E-state index contributed by atoms with van der Waals surface area (Å²) < 4.78 is 10.9. The summed E-state index contributed by atoms with van der Waals surface area (Å²) in [5.74, 6) is 1.63. The van der Waals surface area contributed by atoms with Gasteiger partial charge in [-0.1, -0.05) is 0 Å². The van der Waals surface area contributed by atoms with E-state index >= 15 is 0 Å². The molecular formula is C12H15NO3. The number of hydroxylamine groups is 1. The smallest absolute Gasteiger partial charge is 0.176 e. The molecule has 0 saturated carbocycles. The lowest BCUT2D eigenvalue weighted by Gasteiger charge is -2.05. The summed E-state index contributed by atoms with van der Waals surface area (Å²) in [6.45, 7) is 2.56. The fourth-order valence-electron chi connectivity index (χ4n) is 1.72. The average molecular weight is 221 g/mol. The maximum Gasteiger partial charge on any atom is 0.176 e. The number of rotatable bonds is 4. The number of fused-ring (bicyclic) bond motifs is 1. The Morgan fingerprint density at radius 3 is 2.75 bits per heavy atom. The summed E-state index contributed by atoms with van der Waals surface area (Å²) in [4.78, 5) is 4.82. The van der Waals surface area contributed by atoms with E-state index in [4.69, 9.17) is 14.0 Å². The highest BCUT2D eigenvalue weighted by Gasteiger charge is 2.09. The molecule has 0 fully saturated rings. The molecule has 0 amide bonds. The van der Waals surface area contributed by atoms with Crippen molar-refractivity contribution in [2.24, 2.45) is 0 Å². The van der Waals surface area contributed by atoms with Crippen molar-refractivity contribution < 1.29 is 14.0 Å². The average Bonchev–Trinajstić information content (AvgIpc) is 2.65. The number of furan rings is 1. The molecule has 0 spiro atoms. The summed E-state index contributed by atoms with van der Waals surface area (Å²) in [5.41, 5.74) is 4.68. The fraction of sp³-hybridized carbons (Fsp3) is 0.333. The van der Waals surface area contributed by atoms with Gasteiger partial charge in [-0.3, -0.25) is 0 Å². The van der Waals surface area contributed by atoms with Gasteiger partial charge in [0.15, 0.2) is 11.3 Å². The minimum Gasteiger partial charge on any atom is -0.493 e. The number of ether oxygens (including phenoxy) is 1. The molecule has 1 heterocycles. The molecule has 4 nitrogen and oxygen atoms in total. The quantitative estimate of drug-likeness (QED) is 0.805. The van der Waals surface area contributed by atoms with Crippen LogP contribution in [0.4, 0.5) is 0 Å². The number of hydrogen-bond acceptors (Lipinski definition) is 4. The standard InChI is InChI=1S/C12H15NO3/c1-8-4-10-5-9(7-13-15-3)6-11(14-2)12(10)16-8/h4-6,13H,7H2,1-3H3. The van der Waals surface area contributed by atoms with Crippen LogP contribution in [0.2, 0.25) is 0 Å². The molecule has 1 N–H and O–H groups in total. The SMILES string of the molecule is CONCc1cc(OC)c2oc(C)cc2c1. The number of methoxy groups -OCH3 is 1. The monoisotopic (exact) mass is 221 g/mol. The second-order valence-electron chi connectivity index (χ2n) is 3.60. The van der Waals surface area contributed by atoms with Crippen molar-refractivity contribution >= 4 is 11.0 Å². The Labute approximate surface area is 94.1 Å². The second kappa shape index (κ2) is 4.55. The molecule has 2 aromatic rings. The zero-order chi connectivity index (χ0) is 11.5. The van der Waals surface area contributed by atoms with Gasteiger partial charge in [0.1, 0.15) is 5.76 Å². The normalized spacial score (nSPS) is 10.9. The molecule has 0 bridgehead atoms. The van der Waals surface area contributed by atoms with Crippen molar-refractivity contribution in [3.05, 3.63) is 29.5 Å². The second-order valence-corrected chi connectivity index (χ2v) is 3.60. The zero-order valence-electron chi connectivity index (χ0n) is 9.66. The first-order valence-electron chi connectivity index (χ1n) is 5.07. The van der Waals surface area contributed by atoms with Gasteiger partial charge in [-0.25, -0.2) is 0 Å². The van der Waals surface area contributed by atoms with Gasteiger partial charge in [-0.2, -0.15) is 5.48 Å². The largest absolute Gasteiger partial charge is 0.493 e. The van der Waals surface area contributed by atoms with Crippen LogP contribution in [0.3, 0.4) is 0 Å². The molecule has 0 aliphatic carbocycles. The molecule has 1 aromatic heterocycles. The van der Waals surface area contributed by atoms with Crippen LogP contribution in [0.5, 0.6) is 5.75 Å². The third-order valence-electron chi connectivity index (χ3n) is 2.41. The summed E-state index contributed by atoms with van der Waals surface area (Å²) in [5, 5.41) is 1.05. The van der Waals surface area contributed by atoms with E-state index in [1.54, 1.807) is 14.2 Å². The molecule has 86 valence electrons. The van der Waals surface area contributed by atoms with Crippen LogP contribution in [0, 0.1) is 6.92 Å². The summed E-state index contributed by atoms with van der Waals surface area (Å²) in [6.07, 6.45) is 0. The molecular weight excluding hydrogens is 206 g/mol. The number of benzene rings is 1. The van der Waals surface area contributed by atoms with Crippen LogP contribution in [0.25, 0.3) is 11.0 Å². The van der Waals surface area contributed by atoms with Gasteiger partial charge in [0.2, 0.25) is 0 Å². The zero-order valence-corrected chi connectivity index (χ0v) is 9.66. The van der Waals surface area contributed by atoms with E-state index in [2.05, 4.69) is 11.5 Å². The maximum absolute atomic E-state index is 5.57. The van der Waals surface area contributed by atoms with Crippen LogP contribution < -0.4 is 10.2 Å². The Morgan fingerprint density at radius 2 is 2.06 bits per heavy atom. The van der Waals surface area contributed by atoms with Crippen molar-refractivity contribution in [2.75, 3.05) is 14.2 Å². The summed E-state index contributed by atoms with van der Waals surface area (Å²) in [6, 6.07) is 5.99. The van der Waals surface area contributed by atoms with Crippen LogP contribution in [-0.4, -0.2) is 14.2 Å². The first-order valence-corrected chi connectivity index (χ1v) is 5.07.